The van der Waals surface area contributed by atoms with E-state index in [-0.39, 0.29) is 12.1 Å². The van der Waals surface area contributed by atoms with Crippen LogP contribution in [0.25, 0.3) is 11.0 Å². The lowest BCUT2D eigenvalue weighted by molar-refractivity contribution is 0.191. The number of pyridine rings is 2. The average Bonchev–Trinajstić information content (AvgIpc) is 3.01. The van der Waals surface area contributed by atoms with Crippen LogP contribution in [0.5, 0.6) is 0 Å². The zero-order chi connectivity index (χ0) is 15.5. The van der Waals surface area contributed by atoms with E-state index in [4.69, 9.17) is 0 Å². The van der Waals surface area contributed by atoms with Gasteiger partial charge in [-0.3, -0.25) is 9.48 Å². The maximum Gasteiger partial charge on any atom is 0.251 e. The normalized spacial score (nSPS) is 12.5. The highest BCUT2D eigenvalue weighted by Gasteiger charge is 2.11. The molecule has 114 valence electrons. The number of hydrogen-bond donors (Lipinski definition) is 3. The third-order valence-corrected chi connectivity index (χ3v) is 3.46. The minimum absolute atomic E-state index is 0.234. The van der Waals surface area contributed by atoms with Crippen molar-refractivity contribution >= 4 is 16.7 Å². The molecule has 1 atom stereocenters. The van der Waals surface area contributed by atoms with Crippen molar-refractivity contribution in [2.75, 3.05) is 11.9 Å². The lowest BCUT2D eigenvalue weighted by atomic mass is 10.2. The fraction of sp³-hybridized carbons (Fsp3) is 0.267. The van der Waals surface area contributed by atoms with Gasteiger partial charge in [-0.05, 0) is 19.1 Å². The number of aliphatic hydroxyl groups excluding tert-OH is 1. The second-order valence-corrected chi connectivity index (χ2v) is 4.97. The summed E-state index contributed by atoms with van der Waals surface area (Å²) in [5.74, 6) is 0. The number of nitrogens with zero attached hydrogens (tertiary/aromatic N) is 3. The molecule has 0 aliphatic heterocycles. The molecule has 0 fully saturated rings. The minimum atomic E-state index is -0.702. The molecule has 22 heavy (non-hydrogen) atoms. The zero-order valence-corrected chi connectivity index (χ0v) is 12.2. The number of aromatic nitrogens is 4. The molecule has 0 bridgehead atoms. The lowest BCUT2D eigenvalue weighted by Crippen LogP contribution is -2.14. The Labute approximate surface area is 126 Å². The van der Waals surface area contributed by atoms with E-state index in [1.54, 1.807) is 23.1 Å². The van der Waals surface area contributed by atoms with E-state index in [2.05, 4.69) is 20.4 Å². The quantitative estimate of drug-likeness (QED) is 0.659. The van der Waals surface area contributed by atoms with E-state index in [1.165, 1.54) is 6.07 Å². The van der Waals surface area contributed by atoms with Gasteiger partial charge in [0.25, 0.3) is 5.56 Å². The van der Waals surface area contributed by atoms with E-state index in [0.717, 1.165) is 17.5 Å². The molecule has 0 amide bonds. The Kier molecular flexibility index (Phi) is 3.88. The Bertz CT molecular complexity index is 839. The van der Waals surface area contributed by atoms with E-state index in [9.17, 15) is 9.90 Å². The second kappa shape index (κ2) is 5.98. The van der Waals surface area contributed by atoms with Crippen molar-refractivity contribution in [2.45, 2.75) is 19.6 Å². The SMILES string of the molecule is CCn1cc(C(O)CNc2cc(=O)[nH]c3ncccc23)cn1. The Hall–Kier alpha value is -2.67. The van der Waals surface area contributed by atoms with Crippen molar-refractivity contribution in [1.29, 1.82) is 0 Å². The van der Waals surface area contributed by atoms with Gasteiger partial charge >= 0.3 is 0 Å². The first kappa shape index (κ1) is 14.3. The van der Waals surface area contributed by atoms with Crippen molar-refractivity contribution in [3.63, 3.8) is 0 Å². The van der Waals surface area contributed by atoms with Gasteiger partial charge in [-0.1, -0.05) is 0 Å². The number of H-pyrrole nitrogens is 1. The maximum atomic E-state index is 11.6. The standard InChI is InChI=1S/C15H17N5O2/c1-2-20-9-10(7-18-20)13(21)8-17-12-6-14(22)19-15-11(12)4-3-5-16-15/h3-7,9,13,21H,2,8H2,1H3,(H2,16,17,19,22). The summed E-state index contributed by atoms with van der Waals surface area (Å²) < 4.78 is 1.76. The monoisotopic (exact) mass is 299 g/mol. The fourth-order valence-electron chi connectivity index (χ4n) is 2.28. The minimum Gasteiger partial charge on any atom is -0.386 e. The summed E-state index contributed by atoms with van der Waals surface area (Å²) >= 11 is 0. The number of aromatic amines is 1. The topological polar surface area (TPSA) is 95.8 Å². The van der Waals surface area contributed by atoms with Crippen LogP contribution in [0.3, 0.4) is 0 Å². The van der Waals surface area contributed by atoms with E-state index >= 15 is 0 Å². The molecular weight excluding hydrogens is 282 g/mol. The molecule has 0 radical (unpaired) electrons. The predicted molar refractivity (Wildman–Crippen MR) is 83.7 cm³/mol. The van der Waals surface area contributed by atoms with Crippen molar-refractivity contribution in [1.82, 2.24) is 19.7 Å². The van der Waals surface area contributed by atoms with Gasteiger partial charge in [-0.15, -0.1) is 0 Å². The van der Waals surface area contributed by atoms with Crippen LogP contribution in [0, 0.1) is 0 Å². The highest BCUT2D eigenvalue weighted by atomic mass is 16.3. The van der Waals surface area contributed by atoms with E-state index < -0.39 is 6.10 Å². The van der Waals surface area contributed by atoms with Crippen LogP contribution in [0.4, 0.5) is 5.69 Å². The molecule has 0 aliphatic carbocycles. The number of hydrogen-bond acceptors (Lipinski definition) is 5. The van der Waals surface area contributed by atoms with Crippen LogP contribution in [0.15, 0.2) is 41.6 Å². The number of nitrogens with one attached hydrogen (secondary N) is 2. The zero-order valence-electron chi connectivity index (χ0n) is 12.2. The van der Waals surface area contributed by atoms with Gasteiger partial charge in [0.15, 0.2) is 0 Å². The number of anilines is 1. The number of rotatable bonds is 5. The molecule has 0 saturated heterocycles. The fourth-order valence-corrected chi connectivity index (χ4v) is 2.28. The van der Waals surface area contributed by atoms with Gasteiger partial charge in [-0.2, -0.15) is 5.10 Å². The predicted octanol–water partition coefficient (Wildman–Crippen LogP) is 1.28. The first-order valence-corrected chi connectivity index (χ1v) is 7.09. The number of aryl methyl sites for hydroxylation is 1. The van der Waals surface area contributed by atoms with Crippen LogP contribution < -0.4 is 10.9 Å². The summed E-state index contributed by atoms with van der Waals surface area (Å²) in [6, 6.07) is 5.13. The first-order chi connectivity index (χ1) is 10.7. The van der Waals surface area contributed by atoms with Gasteiger partial charge in [0.1, 0.15) is 5.65 Å². The second-order valence-electron chi connectivity index (χ2n) is 4.97. The molecule has 3 heterocycles. The molecule has 1 unspecified atom stereocenters. The van der Waals surface area contributed by atoms with Gasteiger partial charge in [-0.25, -0.2) is 4.98 Å². The number of aliphatic hydroxyl groups is 1. The molecule has 3 aromatic rings. The summed E-state index contributed by atoms with van der Waals surface area (Å²) in [6.07, 6.45) is 4.37. The van der Waals surface area contributed by atoms with Crippen LogP contribution >= 0.6 is 0 Å². The summed E-state index contributed by atoms with van der Waals surface area (Å²) in [4.78, 5) is 18.5. The van der Waals surface area contributed by atoms with Crippen LogP contribution in [0.2, 0.25) is 0 Å². The average molecular weight is 299 g/mol. The van der Waals surface area contributed by atoms with E-state index in [1.807, 2.05) is 19.2 Å². The Morgan fingerprint density at radius 2 is 2.36 bits per heavy atom. The van der Waals surface area contributed by atoms with Crippen LogP contribution in [0.1, 0.15) is 18.6 Å². The Balaban J connectivity index is 1.80. The summed E-state index contributed by atoms with van der Waals surface area (Å²) in [5, 5.41) is 18.3. The summed E-state index contributed by atoms with van der Waals surface area (Å²) in [6.45, 7) is 3.02. The molecule has 0 saturated carbocycles. The molecule has 3 rings (SSSR count). The third kappa shape index (κ3) is 2.84. The molecule has 7 nitrogen and oxygen atoms in total. The summed E-state index contributed by atoms with van der Waals surface area (Å²) in [5.41, 5.74) is 1.67. The van der Waals surface area contributed by atoms with Gasteiger partial charge in [0.2, 0.25) is 0 Å². The van der Waals surface area contributed by atoms with Gasteiger partial charge < -0.3 is 15.4 Å². The molecule has 0 aromatic carbocycles. The maximum absolute atomic E-state index is 11.6. The van der Waals surface area contributed by atoms with Crippen molar-refractivity contribution in [3.05, 3.63) is 52.7 Å². The molecule has 0 spiro atoms. The largest absolute Gasteiger partial charge is 0.386 e. The molecule has 3 N–H and O–H groups in total. The number of fused-ring (bicyclic) bond motifs is 1. The van der Waals surface area contributed by atoms with Gasteiger partial charge in [0, 0.05) is 42.5 Å². The molecule has 7 heteroatoms. The van der Waals surface area contributed by atoms with Crippen molar-refractivity contribution in [2.24, 2.45) is 0 Å². The molecule has 0 aliphatic rings. The smallest absolute Gasteiger partial charge is 0.251 e. The van der Waals surface area contributed by atoms with Gasteiger partial charge in [0.05, 0.1) is 18.0 Å². The first-order valence-electron chi connectivity index (χ1n) is 7.09. The molecule has 3 aromatic heterocycles. The highest BCUT2D eigenvalue weighted by molar-refractivity contribution is 5.88. The van der Waals surface area contributed by atoms with Crippen LogP contribution in [-0.4, -0.2) is 31.4 Å². The van der Waals surface area contributed by atoms with Crippen molar-refractivity contribution in [3.8, 4) is 0 Å². The summed E-state index contributed by atoms with van der Waals surface area (Å²) in [7, 11) is 0. The van der Waals surface area contributed by atoms with E-state index in [0.29, 0.717) is 11.3 Å². The van der Waals surface area contributed by atoms with Crippen molar-refractivity contribution < 1.29 is 5.11 Å². The van der Waals surface area contributed by atoms with Crippen LogP contribution in [-0.2, 0) is 6.54 Å². The lowest BCUT2D eigenvalue weighted by Gasteiger charge is -2.12. The highest BCUT2D eigenvalue weighted by Crippen LogP contribution is 2.19. The third-order valence-electron chi connectivity index (χ3n) is 3.46. The Morgan fingerprint density at radius 3 is 3.14 bits per heavy atom. The Morgan fingerprint density at radius 1 is 1.50 bits per heavy atom. The molecular formula is C15H17N5O2.